The Morgan fingerprint density at radius 2 is 1.84 bits per heavy atom. The van der Waals surface area contributed by atoms with E-state index >= 15 is 0 Å². The van der Waals surface area contributed by atoms with Crippen LogP contribution in [0.2, 0.25) is 0 Å². The summed E-state index contributed by atoms with van der Waals surface area (Å²) in [5.74, 6) is 0.688. The zero-order valence-electron chi connectivity index (χ0n) is 12.5. The van der Waals surface area contributed by atoms with Crippen LogP contribution < -0.4 is 5.32 Å². The second kappa shape index (κ2) is 6.28. The van der Waals surface area contributed by atoms with Crippen molar-refractivity contribution in [1.82, 2.24) is 20.1 Å². The molecule has 1 aromatic heterocycles. The molecule has 106 valence electrons. The monoisotopic (exact) mass is 263 g/mol. The Labute approximate surface area is 115 Å². The van der Waals surface area contributed by atoms with Crippen LogP contribution in [0.5, 0.6) is 0 Å². The molecule has 5 heteroatoms. The molecule has 1 saturated carbocycles. The van der Waals surface area contributed by atoms with Gasteiger partial charge in [-0.25, -0.2) is 4.98 Å². The first kappa shape index (κ1) is 14.2. The van der Waals surface area contributed by atoms with Crippen molar-refractivity contribution in [2.75, 3.05) is 19.4 Å². The summed E-state index contributed by atoms with van der Waals surface area (Å²) in [6.07, 6.45) is 5.50. The van der Waals surface area contributed by atoms with Crippen LogP contribution in [0.1, 0.15) is 44.5 Å². The third kappa shape index (κ3) is 3.21. The average Bonchev–Trinajstić information content (AvgIpc) is 2.87. The number of hydrogen-bond acceptors (Lipinski definition) is 5. The summed E-state index contributed by atoms with van der Waals surface area (Å²) in [7, 11) is 4.28. The van der Waals surface area contributed by atoms with Gasteiger partial charge in [-0.05, 0) is 46.2 Å². The van der Waals surface area contributed by atoms with Crippen molar-refractivity contribution in [1.29, 1.82) is 0 Å². The molecule has 1 heterocycles. The largest absolute Gasteiger partial charge is 0.349 e. The Bertz CT molecular complexity index is 418. The van der Waals surface area contributed by atoms with Crippen molar-refractivity contribution in [2.24, 2.45) is 0 Å². The zero-order chi connectivity index (χ0) is 13.8. The summed E-state index contributed by atoms with van der Waals surface area (Å²) in [6, 6.07) is 1.01. The van der Waals surface area contributed by atoms with E-state index in [2.05, 4.69) is 53.3 Å². The van der Waals surface area contributed by atoms with Crippen molar-refractivity contribution in [2.45, 2.75) is 58.0 Å². The van der Waals surface area contributed by atoms with E-state index in [1.165, 1.54) is 19.3 Å². The van der Waals surface area contributed by atoms with Crippen molar-refractivity contribution in [3.05, 3.63) is 11.4 Å². The number of aromatic nitrogens is 3. The van der Waals surface area contributed by atoms with Crippen LogP contribution in [-0.4, -0.2) is 46.3 Å². The fraction of sp³-hybridized carbons (Fsp3) is 0.786. The first-order valence-electron chi connectivity index (χ1n) is 7.31. The Balaban J connectivity index is 2.10. The number of nitrogens with one attached hydrogen (secondary N) is 1. The van der Waals surface area contributed by atoms with Crippen LogP contribution in [0, 0.1) is 0 Å². The molecule has 2 atom stereocenters. The lowest BCUT2D eigenvalue weighted by Crippen LogP contribution is -2.39. The molecule has 0 spiro atoms. The van der Waals surface area contributed by atoms with Crippen LogP contribution in [0.3, 0.4) is 0 Å². The number of nitrogens with zero attached hydrogens (tertiary/aromatic N) is 4. The molecule has 0 aromatic carbocycles. The maximum absolute atomic E-state index is 4.62. The summed E-state index contributed by atoms with van der Waals surface area (Å²) < 4.78 is 0. The molecule has 1 aromatic rings. The lowest BCUT2D eigenvalue weighted by atomic mass is 10.1. The van der Waals surface area contributed by atoms with E-state index < -0.39 is 0 Å². The maximum Gasteiger partial charge on any atom is 0.243 e. The predicted molar refractivity (Wildman–Crippen MR) is 77.3 cm³/mol. The molecule has 0 amide bonds. The highest BCUT2D eigenvalue weighted by Gasteiger charge is 2.29. The van der Waals surface area contributed by atoms with Gasteiger partial charge in [0, 0.05) is 12.1 Å². The molecule has 2 rings (SSSR count). The molecule has 0 aliphatic heterocycles. The molecule has 19 heavy (non-hydrogen) atoms. The van der Waals surface area contributed by atoms with Gasteiger partial charge < -0.3 is 10.2 Å². The summed E-state index contributed by atoms with van der Waals surface area (Å²) in [5, 5.41) is 12.0. The molecular weight excluding hydrogens is 238 g/mol. The van der Waals surface area contributed by atoms with Crippen LogP contribution in [0.4, 0.5) is 5.95 Å². The van der Waals surface area contributed by atoms with E-state index in [0.717, 1.165) is 24.2 Å². The molecular formula is C14H25N5. The molecule has 0 saturated heterocycles. The average molecular weight is 263 g/mol. The van der Waals surface area contributed by atoms with Gasteiger partial charge in [0.2, 0.25) is 5.95 Å². The highest BCUT2D eigenvalue weighted by molar-refractivity contribution is 5.28. The lowest BCUT2D eigenvalue weighted by molar-refractivity contribution is 0.284. The minimum absolute atomic E-state index is 0.439. The number of rotatable bonds is 5. The minimum Gasteiger partial charge on any atom is -0.349 e. The fourth-order valence-corrected chi connectivity index (χ4v) is 2.89. The summed E-state index contributed by atoms with van der Waals surface area (Å²) in [4.78, 5) is 6.91. The highest BCUT2D eigenvalue weighted by atomic mass is 15.3. The topological polar surface area (TPSA) is 53.9 Å². The van der Waals surface area contributed by atoms with Crippen LogP contribution >= 0.6 is 0 Å². The Kier molecular flexibility index (Phi) is 4.69. The van der Waals surface area contributed by atoms with E-state index in [9.17, 15) is 0 Å². The van der Waals surface area contributed by atoms with Crippen molar-refractivity contribution in [3.8, 4) is 0 Å². The number of likely N-dealkylation sites (N-methyl/N-ethyl adjacent to an activating group) is 1. The quantitative estimate of drug-likeness (QED) is 0.879. The number of anilines is 1. The minimum atomic E-state index is 0.439. The smallest absolute Gasteiger partial charge is 0.243 e. The molecule has 0 radical (unpaired) electrons. The van der Waals surface area contributed by atoms with Gasteiger partial charge in [0.1, 0.15) is 0 Å². The second-order valence-corrected chi connectivity index (χ2v) is 5.45. The summed E-state index contributed by atoms with van der Waals surface area (Å²) >= 11 is 0. The van der Waals surface area contributed by atoms with Crippen LogP contribution in [0.15, 0.2) is 0 Å². The van der Waals surface area contributed by atoms with Gasteiger partial charge >= 0.3 is 0 Å². The van der Waals surface area contributed by atoms with Gasteiger partial charge in [0.05, 0.1) is 11.4 Å². The van der Waals surface area contributed by atoms with E-state index in [4.69, 9.17) is 0 Å². The van der Waals surface area contributed by atoms with Crippen LogP contribution in [0.25, 0.3) is 0 Å². The number of hydrogen-bond donors (Lipinski definition) is 1. The van der Waals surface area contributed by atoms with Crippen molar-refractivity contribution < 1.29 is 0 Å². The predicted octanol–water partition coefficient (Wildman–Crippen LogP) is 1.89. The highest BCUT2D eigenvalue weighted by Crippen LogP contribution is 2.24. The summed E-state index contributed by atoms with van der Waals surface area (Å²) in [6.45, 7) is 4.21. The van der Waals surface area contributed by atoms with Crippen LogP contribution in [-0.2, 0) is 12.8 Å². The van der Waals surface area contributed by atoms with Crippen molar-refractivity contribution in [3.63, 3.8) is 0 Å². The standard InChI is InChI=1S/C14H25N5/c1-5-10-11(6-2)17-18-14(15-10)16-12-8-7-9-13(12)19(3)4/h12-13H,5-9H2,1-4H3,(H,15,16,18)/t12-,13-/m1/s1. The molecule has 0 unspecified atom stereocenters. The summed E-state index contributed by atoms with van der Waals surface area (Å²) in [5.41, 5.74) is 2.09. The maximum atomic E-state index is 4.62. The van der Waals surface area contributed by atoms with Gasteiger partial charge in [0.15, 0.2) is 0 Å². The van der Waals surface area contributed by atoms with Gasteiger partial charge in [-0.1, -0.05) is 13.8 Å². The SMILES string of the molecule is CCc1nnc(N[C@@H]2CCC[C@H]2N(C)C)nc1CC. The van der Waals surface area contributed by atoms with Gasteiger partial charge in [-0.15, -0.1) is 5.10 Å². The first-order chi connectivity index (χ1) is 9.15. The Hall–Kier alpha value is -1.23. The Morgan fingerprint density at radius 1 is 1.11 bits per heavy atom. The molecule has 1 fully saturated rings. The Morgan fingerprint density at radius 3 is 2.47 bits per heavy atom. The van der Waals surface area contributed by atoms with E-state index in [1.54, 1.807) is 0 Å². The van der Waals surface area contributed by atoms with E-state index in [0.29, 0.717) is 18.0 Å². The number of aryl methyl sites for hydroxylation is 2. The van der Waals surface area contributed by atoms with Gasteiger partial charge in [-0.2, -0.15) is 5.10 Å². The second-order valence-electron chi connectivity index (χ2n) is 5.45. The molecule has 5 nitrogen and oxygen atoms in total. The van der Waals surface area contributed by atoms with Gasteiger partial charge in [-0.3, -0.25) is 0 Å². The third-order valence-electron chi connectivity index (χ3n) is 3.97. The van der Waals surface area contributed by atoms with E-state index in [1.807, 2.05) is 0 Å². The van der Waals surface area contributed by atoms with E-state index in [-0.39, 0.29) is 0 Å². The van der Waals surface area contributed by atoms with Gasteiger partial charge in [0.25, 0.3) is 0 Å². The lowest BCUT2D eigenvalue weighted by Gasteiger charge is -2.26. The molecule has 1 aliphatic carbocycles. The fourth-order valence-electron chi connectivity index (χ4n) is 2.89. The van der Waals surface area contributed by atoms with Crippen molar-refractivity contribution >= 4 is 5.95 Å². The first-order valence-corrected chi connectivity index (χ1v) is 7.31. The molecule has 1 N–H and O–H groups in total. The molecule has 0 bridgehead atoms. The zero-order valence-corrected chi connectivity index (χ0v) is 12.5. The normalized spacial score (nSPS) is 23.0. The third-order valence-corrected chi connectivity index (χ3v) is 3.97. The molecule has 1 aliphatic rings.